The Kier molecular flexibility index (Phi) is 11.6. The third-order valence-electron chi connectivity index (χ3n) is 6.99. The van der Waals surface area contributed by atoms with Crippen LogP contribution < -0.4 is 10.1 Å². The lowest BCUT2D eigenvalue weighted by Gasteiger charge is -2.14. The van der Waals surface area contributed by atoms with Crippen LogP contribution in [0.2, 0.25) is 0 Å². The first-order valence-corrected chi connectivity index (χ1v) is 15.6. The Labute approximate surface area is 252 Å². The molecule has 0 saturated heterocycles. The van der Waals surface area contributed by atoms with Gasteiger partial charge in [-0.05, 0) is 48.2 Å². The summed E-state index contributed by atoms with van der Waals surface area (Å²) in [5.41, 5.74) is 3.54. The minimum Gasteiger partial charge on any atom is -0.494 e. The summed E-state index contributed by atoms with van der Waals surface area (Å²) in [6.45, 7) is 5.04. The minimum absolute atomic E-state index is 0.174. The summed E-state index contributed by atoms with van der Waals surface area (Å²) in [6.07, 6.45) is 11.7. The van der Waals surface area contributed by atoms with Crippen LogP contribution in [0.25, 0.3) is 22.5 Å². The number of hydrogen-bond acceptors (Lipinski definition) is 6. The monoisotopic (exact) mass is 585 g/mol. The number of carboxylic acid groups (broad SMARTS) is 1. The van der Waals surface area contributed by atoms with E-state index in [9.17, 15) is 14.7 Å². The predicted molar refractivity (Wildman–Crippen MR) is 168 cm³/mol. The number of rotatable bonds is 16. The van der Waals surface area contributed by atoms with Gasteiger partial charge in [-0.3, -0.25) is 4.79 Å². The fourth-order valence-corrected chi connectivity index (χ4v) is 5.61. The van der Waals surface area contributed by atoms with E-state index >= 15 is 0 Å². The summed E-state index contributed by atoms with van der Waals surface area (Å²) in [7, 11) is 0. The number of aliphatic carboxylic acids is 1. The SMILES string of the molecule is CCCCCCCOc1ccc(-c2cnc(-c3ccc(C[C@H](NC(=O)c4ccc(CCC)s4)C(=O)O)cc3)nc2)cc1. The number of unbranched alkanes of at least 4 members (excludes halogenated alkanes) is 4. The van der Waals surface area contributed by atoms with Crippen LogP contribution in [0, 0.1) is 0 Å². The normalized spacial score (nSPS) is 11.7. The summed E-state index contributed by atoms with van der Waals surface area (Å²) < 4.78 is 5.86. The topological polar surface area (TPSA) is 101 Å². The Bertz CT molecular complexity index is 1420. The second kappa shape index (κ2) is 15.8. The number of aromatic nitrogens is 2. The highest BCUT2D eigenvalue weighted by Crippen LogP contribution is 2.24. The molecule has 2 aromatic heterocycles. The first-order valence-electron chi connectivity index (χ1n) is 14.7. The van der Waals surface area contributed by atoms with Gasteiger partial charge in [0.2, 0.25) is 0 Å². The zero-order valence-corrected chi connectivity index (χ0v) is 25.2. The van der Waals surface area contributed by atoms with Crippen molar-refractivity contribution >= 4 is 23.2 Å². The molecule has 2 heterocycles. The van der Waals surface area contributed by atoms with Crippen LogP contribution in [0.1, 0.15) is 72.5 Å². The Hall–Kier alpha value is -4.04. The molecule has 0 aliphatic rings. The van der Waals surface area contributed by atoms with Crippen LogP contribution >= 0.6 is 11.3 Å². The van der Waals surface area contributed by atoms with E-state index in [1.807, 2.05) is 54.6 Å². The molecule has 0 aliphatic carbocycles. The van der Waals surface area contributed by atoms with Crippen molar-refractivity contribution in [1.29, 1.82) is 0 Å². The molecule has 7 nitrogen and oxygen atoms in total. The molecule has 1 atom stereocenters. The molecule has 0 fully saturated rings. The van der Waals surface area contributed by atoms with Crippen LogP contribution in [-0.2, 0) is 17.6 Å². The van der Waals surface area contributed by atoms with Crippen molar-refractivity contribution in [2.24, 2.45) is 0 Å². The molecule has 0 saturated carbocycles. The number of nitrogens with one attached hydrogen (secondary N) is 1. The zero-order chi connectivity index (χ0) is 29.7. The molecule has 0 radical (unpaired) electrons. The smallest absolute Gasteiger partial charge is 0.326 e. The van der Waals surface area contributed by atoms with E-state index in [1.54, 1.807) is 18.5 Å². The molecule has 1 amide bonds. The van der Waals surface area contributed by atoms with E-state index in [1.165, 1.54) is 37.0 Å². The molecule has 0 bridgehead atoms. The van der Waals surface area contributed by atoms with Gasteiger partial charge < -0.3 is 15.2 Å². The lowest BCUT2D eigenvalue weighted by Crippen LogP contribution is -2.42. The summed E-state index contributed by atoms with van der Waals surface area (Å²) >= 11 is 1.41. The van der Waals surface area contributed by atoms with Crippen molar-refractivity contribution in [3.05, 3.63) is 88.4 Å². The van der Waals surface area contributed by atoms with Gasteiger partial charge >= 0.3 is 5.97 Å². The van der Waals surface area contributed by atoms with Crippen LogP contribution in [-0.4, -0.2) is 39.6 Å². The largest absolute Gasteiger partial charge is 0.494 e. The maximum absolute atomic E-state index is 12.6. The number of ether oxygens (including phenoxy) is 1. The Morgan fingerprint density at radius 3 is 2.19 bits per heavy atom. The Morgan fingerprint density at radius 2 is 1.52 bits per heavy atom. The number of benzene rings is 2. The quantitative estimate of drug-likeness (QED) is 0.131. The highest BCUT2D eigenvalue weighted by Gasteiger charge is 2.22. The number of carbonyl (C=O) groups is 2. The zero-order valence-electron chi connectivity index (χ0n) is 24.3. The number of aryl methyl sites for hydroxylation is 1. The summed E-state index contributed by atoms with van der Waals surface area (Å²) in [5.74, 6) is 0.0136. The molecule has 0 spiro atoms. The summed E-state index contributed by atoms with van der Waals surface area (Å²) in [6, 6.07) is 18.1. The average molecular weight is 586 g/mol. The fraction of sp³-hybridized carbons (Fsp3) is 0.353. The van der Waals surface area contributed by atoms with Crippen molar-refractivity contribution in [3.8, 4) is 28.3 Å². The van der Waals surface area contributed by atoms with Crippen molar-refractivity contribution in [3.63, 3.8) is 0 Å². The lowest BCUT2D eigenvalue weighted by atomic mass is 10.0. The number of carboxylic acids is 1. The Morgan fingerprint density at radius 1 is 0.833 bits per heavy atom. The van der Waals surface area contributed by atoms with Gasteiger partial charge in [-0.15, -0.1) is 11.3 Å². The molecular weight excluding hydrogens is 546 g/mol. The molecule has 0 unspecified atom stereocenters. The van der Waals surface area contributed by atoms with E-state index in [0.717, 1.165) is 58.7 Å². The highest BCUT2D eigenvalue weighted by molar-refractivity contribution is 7.14. The molecule has 2 aromatic carbocycles. The molecule has 8 heteroatoms. The van der Waals surface area contributed by atoms with E-state index in [-0.39, 0.29) is 12.3 Å². The van der Waals surface area contributed by atoms with E-state index in [0.29, 0.717) is 10.7 Å². The molecule has 0 aliphatic heterocycles. The van der Waals surface area contributed by atoms with Crippen LogP contribution in [0.3, 0.4) is 0 Å². The maximum atomic E-state index is 12.6. The maximum Gasteiger partial charge on any atom is 0.326 e. The molecular formula is C34H39N3O4S. The van der Waals surface area contributed by atoms with Crippen molar-refractivity contribution in [2.45, 2.75) is 71.3 Å². The average Bonchev–Trinajstić information content (AvgIpc) is 3.48. The number of hydrogen-bond donors (Lipinski definition) is 2. The summed E-state index contributed by atoms with van der Waals surface area (Å²) in [4.78, 5) is 35.3. The predicted octanol–water partition coefficient (Wildman–Crippen LogP) is 7.60. The molecule has 4 rings (SSSR count). The number of thiophene rings is 1. The highest BCUT2D eigenvalue weighted by atomic mass is 32.1. The number of amides is 1. The van der Waals surface area contributed by atoms with Gasteiger partial charge in [0.1, 0.15) is 11.8 Å². The number of carbonyl (C=O) groups excluding carboxylic acids is 1. The third-order valence-corrected chi connectivity index (χ3v) is 8.14. The lowest BCUT2D eigenvalue weighted by molar-refractivity contribution is -0.139. The van der Waals surface area contributed by atoms with E-state index < -0.39 is 12.0 Å². The van der Waals surface area contributed by atoms with Crippen LogP contribution in [0.5, 0.6) is 5.75 Å². The van der Waals surface area contributed by atoms with Gasteiger partial charge in [0.25, 0.3) is 5.91 Å². The van der Waals surface area contributed by atoms with Crippen molar-refractivity contribution in [1.82, 2.24) is 15.3 Å². The number of nitrogens with zero attached hydrogens (tertiary/aromatic N) is 2. The molecule has 42 heavy (non-hydrogen) atoms. The van der Waals surface area contributed by atoms with E-state index in [2.05, 4.69) is 29.1 Å². The molecule has 2 N–H and O–H groups in total. The van der Waals surface area contributed by atoms with Gasteiger partial charge in [0, 0.05) is 34.8 Å². The third kappa shape index (κ3) is 8.98. The summed E-state index contributed by atoms with van der Waals surface area (Å²) in [5, 5.41) is 12.4. The first-order chi connectivity index (χ1) is 20.5. The minimum atomic E-state index is -1.07. The second-order valence-corrected chi connectivity index (χ2v) is 11.5. The second-order valence-electron chi connectivity index (χ2n) is 10.4. The van der Waals surface area contributed by atoms with Gasteiger partial charge in [-0.1, -0.05) is 82.3 Å². The Balaban J connectivity index is 1.31. The van der Waals surface area contributed by atoms with Gasteiger partial charge in [-0.2, -0.15) is 0 Å². The van der Waals surface area contributed by atoms with Gasteiger partial charge in [0.15, 0.2) is 5.82 Å². The first kappa shape index (κ1) is 30.9. The van der Waals surface area contributed by atoms with Crippen LogP contribution in [0.15, 0.2) is 73.1 Å². The molecule has 220 valence electrons. The van der Waals surface area contributed by atoms with Gasteiger partial charge in [-0.25, -0.2) is 14.8 Å². The van der Waals surface area contributed by atoms with Gasteiger partial charge in [0.05, 0.1) is 11.5 Å². The molecule has 4 aromatic rings. The van der Waals surface area contributed by atoms with Crippen molar-refractivity contribution in [2.75, 3.05) is 6.61 Å². The van der Waals surface area contributed by atoms with Crippen LogP contribution in [0.4, 0.5) is 0 Å². The van der Waals surface area contributed by atoms with E-state index in [4.69, 9.17) is 4.74 Å². The standard InChI is InChI=1S/C34H39N3O4S/c1-3-5-6-7-8-20-41-28-16-14-25(15-17-28)27-22-35-32(36-23-27)26-12-10-24(11-13-26)21-30(34(39)40)37-33(38)31-19-18-29(42-31)9-4-2/h10-19,22-23,30H,3-9,20-21H2,1-2H3,(H,37,38)(H,39,40)/t30-/m0/s1. The van der Waals surface area contributed by atoms with Crippen molar-refractivity contribution < 1.29 is 19.4 Å². The fourth-order valence-electron chi connectivity index (χ4n) is 4.60.